The van der Waals surface area contributed by atoms with Crippen molar-refractivity contribution in [2.75, 3.05) is 26.4 Å². The molecule has 2 heterocycles. The van der Waals surface area contributed by atoms with Crippen LogP contribution in [0.1, 0.15) is 23.6 Å². The first-order valence-corrected chi connectivity index (χ1v) is 10.9. The molecule has 6 heteroatoms. The summed E-state index contributed by atoms with van der Waals surface area (Å²) in [6.45, 7) is 3.88. The van der Waals surface area contributed by atoms with Gasteiger partial charge in [0.15, 0.2) is 6.17 Å². The summed E-state index contributed by atoms with van der Waals surface area (Å²) < 4.78 is 0. The number of fused-ring (bicyclic) bond motifs is 1. The maximum absolute atomic E-state index is 6.25. The van der Waals surface area contributed by atoms with Gasteiger partial charge in [-0.05, 0) is 74.1 Å². The molecule has 0 saturated heterocycles. The third-order valence-corrected chi connectivity index (χ3v) is 5.41. The molecular weight excluding hydrogens is 396 g/mol. The van der Waals surface area contributed by atoms with Gasteiger partial charge in [-0.15, -0.1) is 0 Å². The molecule has 1 atom stereocenters. The Hall–Kier alpha value is -3.35. The molecule has 6 nitrogen and oxygen atoms in total. The molecule has 2 aliphatic rings. The number of benzene rings is 2. The van der Waals surface area contributed by atoms with Crippen molar-refractivity contribution in [3.8, 4) is 0 Å². The molecule has 1 unspecified atom stereocenters. The molecule has 32 heavy (non-hydrogen) atoms. The van der Waals surface area contributed by atoms with E-state index in [0.717, 1.165) is 47.9 Å². The number of nitrogen functional groups attached to an aromatic ring is 1. The largest absolute Gasteiger partial charge is 0.398 e. The smallest absolute Gasteiger partial charge is 0.161 e. The highest BCUT2D eigenvalue weighted by Crippen LogP contribution is 2.22. The van der Waals surface area contributed by atoms with Crippen LogP contribution in [0.2, 0.25) is 0 Å². The summed E-state index contributed by atoms with van der Waals surface area (Å²) in [5, 5.41) is 6.60. The van der Waals surface area contributed by atoms with Gasteiger partial charge in [-0.2, -0.15) is 0 Å². The molecule has 168 valence electrons. The SMILES string of the molecule is CC1=NC2NC=CC(/C=C/c3cc(CN(C)CCc4ccccc4)ccc3N)=C2N1.CN. The van der Waals surface area contributed by atoms with Gasteiger partial charge in [-0.25, -0.2) is 4.99 Å². The molecule has 2 aliphatic heterocycles. The highest BCUT2D eigenvalue weighted by Gasteiger charge is 2.23. The number of nitrogens with two attached hydrogens (primary N) is 2. The van der Waals surface area contributed by atoms with E-state index in [-0.39, 0.29) is 6.17 Å². The molecule has 2 aromatic carbocycles. The number of dihydropyridines is 1. The number of rotatable bonds is 7. The Kier molecular flexibility index (Phi) is 8.25. The van der Waals surface area contributed by atoms with Crippen molar-refractivity contribution in [3.63, 3.8) is 0 Å². The normalized spacial score (nSPS) is 16.9. The second kappa shape index (κ2) is 11.3. The van der Waals surface area contributed by atoms with Gasteiger partial charge >= 0.3 is 0 Å². The van der Waals surface area contributed by atoms with E-state index < -0.39 is 0 Å². The number of nitrogens with zero attached hydrogens (tertiary/aromatic N) is 2. The molecule has 6 N–H and O–H groups in total. The minimum absolute atomic E-state index is 0.0170. The van der Waals surface area contributed by atoms with Gasteiger partial charge in [-0.3, -0.25) is 0 Å². The highest BCUT2D eigenvalue weighted by molar-refractivity contribution is 5.85. The summed E-state index contributed by atoms with van der Waals surface area (Å²) >= 11 is 0. The second-order valence-corrected chi connectivity index (χ2v) is 7.88. The molecule has 0 spiro atoms. The molecule has 2 aromatic rings. The van der Waals surface area contributed by atoms with Gasteiger partial charge < -0.3 is 27.0 Å². The van der Waals surface area contributed by atoms with E-state index in [2.05, 4.69) is 94.0 Å². The Bertz CT molecular complexity index is 1020. The minimum atomic E-state index is -0.0170. The highest BCUT2D eigenvalue weighted by atomic mass is 15.2. The van der Waals surface area contributed by atoms with Crippen molar-refractivity contribution >= 4 is 17.6 Å². The van der Waals surface area contributed by atoms with Crippen LogP contribution in [0.15, 0.2) is 83.1 Å². The van der Waals surface area contributed by atoms with Gasteiger partial charge in [0, 0.05) is 18.8 Å². The number of hydrogen-bond donors (Lipinski definition) is 4. The minimum Gasteiger partial charge on any atom is -0.398 e. The molecular formula is C26H34N6. The maximum Gasteiger partial charge on any atom is 0.161 e. The second-order valence-electron chi connectivity index (χ2n) is 7.88. The average Bonchev–Trinajstić information content (AvgIpc) is 3.21. The van der Waals surface area contributed by atoms with Gasteiger partial charge in [-0.1, -0.05) is 48.6 Å². The lowest BCUT2D eigenvalue weighted by Crippen LogP contribution is -2.29. The quantitative estimate of drug-likeness (QED) is 0.506. The number of allylic oxidation sites excluding steroid dienone is 3. The summed E-state index contributed by atoms with van der Waals surface area (Å²) in [6, 6.07) is 16.9. The average molecular weight is 431 g/mol. The number of anilines is 1. The number of aliphatic imine (C=N–C) groups is 1. The van der Waals surface area contributed by atoms with Crippen LogP contribution < -0.4 is 22.1 Å². The molecule has 0 aromatic heterocycles. The molecule has 0 bridgehead atoms. The Morgan fingerprint density at radius 2 is 1.84 bits per heavy atom. The zero-order chi connectivity index (χ0) is 22.9. The molecule has 0 amide bonds. The van der Waals surface area contributed by atoms with Crippen molar-refractivity contribution in [1.29, 1.82) is 0 Å². The Balaban J connectivity index is 0.00000141. The number of likely N-dealkylation sites (N-methyl/N-ethyl adjacent to an activating group) is 1. The van der Waals surface area contributed by atoms with Crippen molar-refractivity contribution < 1.29 is 0 Å². The van der Waals surface area contributed by atoms with Crippen molar-refractivity contribution in [2.45, 2.75) is 26.1 Å². The first-order chi connectivity index (χ1) is 15.6. The molecule has 4 rings (SSSR count). The van der Waals surface area contributed by atoms with Crippen molar-refractivity contribution in [2.24, 2.45) is 10.7 Å². The van der Waals surface area contributed by atoms with Crippen LogP contribution in [-0.2, 0) is 13.0 Å². The first-order valence-electron chi connectivity index (χ1n) is 10.9. The summed E-state index contributed by atoms with van der Waals surface area (Å²) in [4.78, 5) is 6.89. The van der Waals surface area contributed by atoms with Gasteiger partial charge in [0.2, 0.25) is 0 Å². The Morgan fingerprint density at radius 1 is 1.06 bits per heavy atom. The predicted molar refractivity (Wildman–Crippen MR) is 136 cm³/mol. The maximum atomic E-state index is 6.25. The molecule has 0 aliphatic carbocycles. The van der Waals surface area contributed by atoms with E-state index in [4.69, 9.17) is 5.73 Å². The molecule has 0 saturated carbocycles. The predicted octanol–water partition coefficient (Wildman–Crippen LogP) is 3.25. The van der Waals surface area contributed by atoms with Gasteiger partial charge in [0.05, 0.1) is 5.70 Å². The third kappa shape index (κ3) is 6.09. The van der Waals surface area contributed by atoms with E-state index in [1.165, 1.54) is 18.2 Å². The lowest BCUT2D eigenvalue weighted by molar-refractivity contribution is 0.331. The number of nitrogens with one attached hydrogen (secondary N) is 2. The first kappa shape index (κ1) is 23.3. The van der Waals surface area contributed by atoms with Crippen LogP contribution in [-0.4, -0.2) is 37.5 Å². The molecule has 0 radical (unpaired) electrons. The van der Waals surface area contributed by atoms with E-state index in [9.17, 15) is 0 Å². The monoisotopic (exact) mass is 430 g/mol. The zero-order valence-corrected chi connectivity index (χ0v) is 19.2. The van der Waals surface area contributed by atoms with E-state index >= 15 is 0 Å². The van der Waals surface area contributed by atoms with Crippen molar-refractivity contribution in [1.82, 2.24) is 15.5 Å². The van der Waals surface area contributed by atoms with Gasteiger partial charge in [0.25, 0.3) is 0 Å². The van der Waals surface area contributed by atoms with Crippen LogP contribution in [0, 0.1) is 0 Å². The zero-order valence-electron chi connectivity index (χ0n) is 19.2. The summed E-state index contributed by atoms with van der Waals surface area (Å²) in [6.07, 6.45) is 9.23. The lowest BCUT2D eigenvalue weighted by atomic mass is 10.0. The van der Waals surface area contributed by atoms with Crippen LogP contribution >= 0.6 is 0 Å². The van der Waals surface area contributed by atoms with E-state index in [1.807, 2.05) is 19.2 Å². The van der Waals surface area contributed by atoms with Crippen LogP contribution in [0.3, 0.4) is 0 Å². The fraction of sp³-hybridized carbons (Fsp3) is 0.269. The number of hydrogen-bond acceptors (Lipinski definition) is 6. The molecule has 0 fully saturated rings. The van der Waals surface area contributed by atoms with Crippen LogP contribution in [0.4, 0.5) is 5.69 Å². The summed E-state index contributed by atoms with van der Waals surface area (Å²) in [7, 11) is 3.66. The van der Waals surface area contributed by atoms with Crippen molar-refractivity contribution in [3.05, 3.63) is 94.8 Å². The topological polar surface area (TPSA) is 91.7 Å². The fourth-order valence-corrected chi connectivity index (χ4v) is 3.77. The summed E-state index contributed by atoms with van der Waals surface area (Å²) in [5.41, 5.74) is 17.4. The lowest BCUT2D eigenvalue weighted by Gasteiger charge is -2.18. The van der Waals surface area contributed by atoms with E-state index in [1.54, 1.807) is 0 Å². The fourth-order valence-electron chi connectivity index (χ4n) is 3.77. The third-order valence-electron chi connectivity index (χ3n) is 5.41. The van der Waals surface area contributed by atoms with E-state index in [0.29, 0.717) is 0 Å². The van der Waals surface area contributed by atoms with Gasteiger partial charge in [0.1, 0.15) is 5.84 Å². The Morgan fingerprint density at radius 3 is 2.62 bits per heavy atom. The van der Waals surface area contributed by atoms with Crippen LogP contribution in [0.25, 0.3) is 6.08 Å². The standard InChI is InChI=1S/C25H29N5.CH5N/c1-18-28-24-21(12-14-27-25(24)29-18)9-10-22-16-20(8-11-23(22)26)17-30(2)15-13-19-6-4-3-5-7-19;1-2/h3-12,14,16,25,27H,13,15,17,26H2,1-2H3,(H,28,29);2H2,1H3/b10-9+;. The number of amidine groups is 1. The van der Waals surface area contributed by atoms with Crippen LogP contribution in [0.5, 0.6) is 0 Å². The Labute approximate surface area is 191 Å². The summed E-state index contributed by atoms with van der Waals surface area (Å²) in [5.74, 6) is 0.928.